The van der Waals surface area contributed by atoms with Gasteiger partial charge in [-0.1, -0.05) is 39.0 Å². The maximum Gasteiger partial charge on any atom is 0.0333 e. The Kier molecular flexibility index (Phi) is 4.52. The van der Waals surface area contributed by atoms with Gasteiger partial charge in [0.25, 0.3) is 0 Å². The van der Waals surface area contributed by atoms with Crippen LogP contribution in [-0.2, 0) is 12.2 Å². The van der Waals surface area contributed by atoms with Crippen molar-refractivity contribution in [1.82, 2.24) is 5.32 Å². The molecule has 94 valence electrons. The summed E-state index contributed by atoms with van der Waals surface area (Å²) in [6.07, 6.45) is 2.38. The molecule has 2 unspecified atom stereocenters. The third-order valence-corrected chi connectivity index (χ3v) is 4.77. The Morgan fingerprint density at radius 2 is 2.18 bits per heavy atom. The molecule has 0 bridgehead atoms. The van der Waals surface area contributed by atoms with Crippen molar-refractivity contribution in [3.63, 3.8) is 0 Å². The Morgan fingerprint density at radius 1 is 1.35 bits per heavy atom. The maximum absolute atomic E-state index is 3.65. The smallest absolute Gasteiger partial charge is 0.0333 e. The first-order valence-electron chi connectivity index (χ1n) is 6.71. The van der Waals surface area contributed by atoms with Gasteiger partial charge in [0.15, 0.2) is 0 Å². The zero-order chi connectivity index (χ0) is 12.3. The molecule has 0 spiro atoms. The second kappa shape index (κ2) is 5.92. The van der Waals surface area contributed by atoms with Crippen LogP contribution in [0.2, 0.25) is 0 Å². The van der Waals surface area contributed by atoms with E-state index in [1.165, 1.54) is 23.3 Å². The first-order chi connectivity index (χ1) is 8.24. The summed E-state index contributed by atoms with van der Waals surface area (Å²) in [5, 5.41) is 4.40. The van der Waals surface area contributed by atoms with E-state index in [0.717, 1.165) is 18.2 Å². The molecule has 2 atom stereocenters. The average Bonchev–Trinajstić information content (AvgIpc) is 2.49. The normalized spacial score (nSPS) is 24.2. The molecular weight excluding hydrogens is 226 g/mol. The highest BCUT2D eigenvalue weighted by Crippen LogP contribution is 2.35. The number of rotatable bonds is 3. The monoisotopic (exact) mass is 249 g/mol. The van der Waals surface area contributed by atoms with Gasteiger partial charge in [0, 0.05) is 17.0 Å². The van der Waals surface area contributed by atoms with E-state index in [2.05, 4.69) is 56.0 Å². The molecule has 1 heterocycles. The van der Waals surface area contributed by atoms with Crippen molar-refractivity contribution in [3.05, 3.63) is 34.9 Å². The van der Waals surface area contributed by atoms with E-state index in [-0.39, 0.29) is 0 Å². The molecule has 1 aliphatic heterocycles. The molecule has 1 aromatic carbocycles. The standard InChI is InChI=1S/C15H23NS/c1-4-12-6-7-13-10-17-11(3)8-15(16-5-2)14(13)9-12/h6-7,9,11,15-16H,4-5,8,10H2,1-3H3. The number of hydrogen-bond donors (Lipinski definition) is 1. The molecule has 1 N–H and O–H groups in total. The highest BCUT2D eigenvalue weighted by Gasteiger charge is 2.22. The van der Waals surface area contributed by atoms with Gasteiger partial charge < -0.3 is 5.32 Å². The van der Waals surface area contributed by atoms with E-state index in [1.54, 1.807) is 5.56 Å². The Bertz CT molecular complexity index is 375. The van der Waals surface area contributed by atoms with Crippen LogP contribution in [0.4, 0.5) is 0 Å². The summed E-state index contributed by atoms with van der Waals surface area (Å²) >= 11 is 2.08. The minimum Gasteiger partial charge on any atom is -0.310 e. The van der Waals surface area contributed by atoms with E-state index >= 15 is 0 Å². The molecule has 0 radical (unpaired) electrons. The summed E-state index contributed by atoms with van der Waals surface area (Å²) in [5.41, 5.74) is 4.54. The number of aryl methyl sites for hydroxylation is 1. The Morgan fingerprint density at radius 3 is 2.88 bits per heavy atom. The average molecular weight is 249 g/mol. The van der Waals surface area contributed by atoms with Gasteiger partial charge in [-0.05, 0) is 36.1 Å². The van der Waals surface area contributed by atoms with Crippen molar-refractivity contribution in [2.75, 3.05) is 6.54 Å². The van der Waals surface area contributed by atoms with Gasteiger partial charge in [-0.15, -0.1) is 0 Å². The van der Waals surface area contributed by atoms with Crippen LogP contribution in [0.3, 0.4) is 0 Å². The van der Waals surface area contributed by atoms with Crippen LogP contribution in [-0.4, -0.2) is 11.8 Å². The quantitative estimate of drug-likeness (QED) is 0.871. The Labute approximate surface area is 109 Å². The van der Waals surface area contributed by atoms with Gasteiger partial charge >= 0.3 is 0 Å². The van der Waals surface area contributed by atoms with Gasteiger partial charge in [0.2, 0.25) is 0 Å². The molecule has 1 aromatic rings. The van der Waals surface area contributed by atoms with Crippen molar-refractivity contribution >= 4 is 11.8 Å². The van der Waals surface area contributed by atoms with E-state index in [4.69, 9.17) is 0 Å². The fraction of sp³-hybridized carbons (Fsp3) is 0.600. The summed E-state index contributed by atoms with van der Waals surface area (Å²) in [6, 6.07) is 7.59. The van der Waals surface area contributed by atoms with Crippen LogP contribution in [0.5, 0.6) is 0 Å². The third-order valence-electron chi connectivity index (χ3n) is 3.54. The first-order valence-corrected chi connectivity index (χ1v) is 7.76. The molecule has 0 amide bonds. The van der Waals surface area contributed by atoms with Crippen molar-refractivity contribution < 1.29 is 0 Å². The largest absolute Gasteiger partial charge is 0.310 e. The molecule has 0 fully saturated rings. The zero-order valence-electron chi connectivity index (χ0n) is 11.1. The molecule has 0 saturated heterocycles. The summed E-state index contributed by atoms with van der Waals surface area (Å²) in [7, 11) is 0. The second-order valence-electron chi connectivity index (χ2n) is 4.85. The van der Waals surface area contributed by atoms with Crippen LogP contribution < -0.4 is 5.32 Å². The highest BCUT2D eigenvalue weighted by molar-refractivity contribution is 7.99. The summed E-state index contributed by atoms with van der Waals surface area (Å²) in [6.45, 7) is 7.84. The SMILES string of the molecule is CCNC1CC(C)SCc2ccc(CC)cc21. The van der Waals surface area contributed by atoms with Crippen molar-refractivity contribution in [2.24, 2.45) is 0 Å². The van der Waals surface area contributed by atoms with E-state index in [9.17, 15) is 0 Å². The van der Waals surface area contributed by atoms with Crippen LogP contribution in [0.25, 0.3) is 0 Å². The van der Waals surface area contributed by atoms with Gasteiger partial charge in [0.1, 0.15) is 0 Å². The number of nitrogens with one attached hydrogen (secondary N) is 1. The Hall–Kier alpha value is -0.470. The van der Waals surface area contributed by atoms with E-state index in [1.807, 2.05) is 0 Å². The lowest BCUT2D eigenvalue weighted by atomic mass is 9.95. The summed E-state index contributed by atoms with van der Waals surface area (Å²) in [5.74, 6) is 1.17. The predicted molar refractivity (Wildman–Crippen MR) is 77.6 cm³/mol. The first kappa shape index (κ1) is 13.0. The van der Waals surface area contributed by atoms with Crippen molar-refractivity contribution in [2.45, 2.75) is 50.7 Å². The number of fused-ring (bicyclic) bond motifs is 1. The van der Waals surface area contributed by atoms with Crippen LogP contribution in [0.1, 0.15) is 49.9 Å². The minimum absolute atomic E-state index is 0.548. The fourth-order valence-corrected chi connectivity index (χ4v) is 3.57. The number of hydrogen-bond acceptors (Lipinski definition) is 2. The van der Waals surface area contributed by atoms with Crippen molar-refractivity contribution in [3.8, 4) is 0 Å². The summed E-state index contributed by atoms with van der Waals surface area (Å²) in [4.78, 5) is 0. The molecular formula is C15H23NS. The molecule has 17 heavy (non-hydrogen) atoms. The maximum atomic E-state index is 3.65. The molecule has 1 nitrogen and oxygen atoms in total. The van der Waals surface area contributed by atoms with Gasteiger partial charge in [-0.3, -0.25) is 0 Å². The lowest BCUT2D eigenvalue weighted by Crippen LogP contribution is -2.23. The Balaban J connectivity index is 2.34. The zero-order valence-corrected chi connectivity index (χ0v) is 11.9. The van der Waals surface area contributed by atoms with E-state index in [0.29, 0.717) is 6.04 Å². The van der Waals surface area contributed by atoms with E-state index < -0.39 is 0 Å². The van der Waals surface area contributed by atoms with Crippen LogP contribution in [0, 0.1) is 0 Å². The number of thioether (sulfide) groups is 1. The molecule has 2 rings (SSSR count). The fourth-order valence-electron chi connectivity index (χ4n) is 2.52. The topological polar surface area (TPSA) is 12.0 Å². The lowest BCUT2D eigenvalue weighted by molar-refractivity contribution is 0.515. The second-order valence-corrected chi connectivity index (χ2v) is 6.28. The third kappa shape index (κ3) is 3.05. The molecule has 1 aliphatic rings. The van der Waals surface area contributed by atoms with Gasteiger partial charge in [0.05, 0.1) is 0 Å². The van der Waals surface area contributed by atoms with Crippen LogP contribution >= 0.6 is 11.8 Å². The molecule has 0 saturated carbocycles. The van der Waals surface area contributed by atoms with Crippen molar-refractivity contribution in [1.29, 1.82) is 0 Å². The molecule has 2 heteroatoms. The number of benzene rings is 1. The summed E-state index contributed by atoms with van der Waals surface area (Å²) < 4.78 is 0. The predicted octanol–water partition coefficient (Wildman–Crippen LogP) is 3.93. The van der Waals surface area contributed by atoms with Gasteiger partial charge in [-0.25, -0.2) is 0 Å². The lowest BCUT2D eigenvalue weighted by Gasteiger charge is -2.20. The van der Waals surface area contributed by atoms with Crippen LogP contribution in [0.15, 0.2) is 18.2 Å². The minimum atomic E-state index is 0.548. The molecule has 0 aliphatic carbocycles. The highest BCUT2D eigenvalue weighted by atomic mass is 32.2. The molecule has 0 aromatic heterocycles. The van der Waals surface area contributed by atoms with Gasteiger partial charge in [-0.2, -0.15) is 11.8 Å².